The summed E-state index contributed by atoms with van der Waals surface area (Å²) in [6, 6.07) is 9.36. The number of esters is 1. The number of nitrogens with one attached hydrogen (secondary N) is 2. The maximum atomic E-state index is 13.0. The fraction of sp³-hybridized carbons (Fsp3) is 0.286. The summed E-state index contributed by atoms with van der Waals surface area (Å²) in [5, 5.41) is 5.21. The summed E-state index contributed by atoms with van der Waals surface area (Å²) in [6.07, 6.45) is 1.51. The molecule has 0 radical (unpaired) electrons. The van der Waals surface area contributed by atoms with Crippen LogP contribution in [-0.4, -0.2) is 30.4 Å². The summed E-state index contributed by atoms with van der Waals surface area (Å²) in [5.41, 5.74) is 0.645. The van der Waals surface area contributed by atoms with Crippen molar-refractivity contribution in [3.63, 3.8) is 0 Å². The standard InChI is InChI=1S/C21H22Br2N2O5/c1-4-29-21(28)18(12(2)3)25-19(26)15(11-13-5-7-14(22)8-6-13)24-20(27)16-9-10-17(23)30-16/h5-12,18H,4H2,1-3H3,(H,24,27)(H,25,26)/b15-11-/t18-/m1/s1. The molecule has 2 rings (SSSR count). The predicted octanol–water partition coefficient (Wildman–Crippen LogP) is 4.28. The van der Waals surface area contributed by atoms with Gasteiger partial charge in [0, 0.05) is 4.47 Å². The highest BCUT2D eigenvalue weighted by Gasteiger charge is 2.27. The van der Waals surface area contributed by atoms with Gasteiger partial charge in [0.05, 0.1) is 6.61 Å². The van der Waals surface area contributed by atoms with E-state index in [1.54, 1.807) is 39.0 Å². The molecule has 1 aromatic carbocycles. The molecule has 0 spiro atoms. The van der Waals surface area contributed by atoms with Gasteiger partial charge in [-0.25, -0.2) is 4.79 Å². The maximum absolute atomic E-state index is 13.0. The van der Waals surface area contributed by atoms with Crippen LogP contribution in [0.15, 0.2) is 55.7 Å². The zero-order chi connectivity index (χ0) is 22.3. The van der Waals surface area contributed by atoms with Gasteiger partial charge in [0.1, 0.15) is 11.7 Å². The van der Waals surface area contributed by atoms with Crippen LogP contribution in [0.1, 0.15) is 36.9 Å². The molecule has 2 N–H and O–H groups in total. The topological polar surface area (TPSA) is 97.6 Å². The third-order valence-electron chi connectivity index (χ3n) is 3.96. The Balaban J connectivity index is 2.31. The van der Waals surface area contributed by atoms with Crippen LogP contribution >= 0.6 is 31.9 Å². The Morgan fingerprint density at radius 1 is 1.10 bits per heavy atom. The summed E-state index contributed by atoms with van der Waals surface area (Å²) < 4.78 is 11.6. The highest BCUT2D eigenvalue weighted by Crippen LogP contribution is 2.16. The van der Waals surface area contributed by atoms with Crippen molar-refractivity contribution in [1.29, 1.82) is 0 Å². The van der Waals surface area contributed by atoms with Crippen LogP contribution < -0.4 is 10.6 Å². The third-order valence-corrected chi connectivity index (χ3v) is 4.92. The average Bonchev–Trinajstić information content (AvgIpc) is 3.13. The Morgan fingerprint density at radius 2 is 1.77 bits per heavy atom. The first-order chi connectivity index (χ1) is 14.2. The number of carbonyl (C=O) groups excluding carboxylic acids is 3. The second-order valence-electron chi connectivity index (χ2n) is 6.61. The first kappa shape index (κ1) is 23.9. The molecule has 7 nitrogen and oxygen atoms in total. The van der Waals surface area contributed by atoms with E-state index in [9.17, 15) is 14.4 Å². The van der Waals surface area contributed by atoms with E-state index in [0.29, 0.717) is 10.2 Å². The lowest BCUT2D eigenvalue weighted by atomic mass is 10.0. The lowest BCUT2D eigenvalue weighted by Gasteiger charge is -2.21. The highest BCUT2D eigenvalue weighted by atomic mass is 79.9. The first-order valence-electron chi connectivity index (χ1n) is 9.22. The molecule has 9 heteroatoms. The SMILES string of the molecule is CCOC(=O)[C@H](NC(=O)/C(=C/c1ccc(Br)cc1)NC(=O)c1ccc(Br)o1)C(C)C. The first-order valence-corrected chi connectivity index (χ1v) is 10.8. The van der Waals surface area contributed by atoms with E-state index < -0.39 is 23.8 Å². The Labute approximate surface area is 191 Å². The van der Waals surface area contributed by atoms with Crippen LogP contribution in [0.3, 0.4) is 0 Å². The van der Waals surface area contributed by atoms with Crippen LogP contribution in [0, 0.1) is 5.92 Å². The quantitative estimate of drug-likeness (QED) is 0.384. The molecule has 0 fully saturated rings. The van der Waals surface area contributed by atoms with Crippen molar-refractivity contribution >= 4 is 55.7 Å². The fourth-order valence-corrected chi connectivity index (χ4v) is 3.02. The highest BCUT2D eigenvalue weighted by molar-refractivity contribution is 9.10. The van der Waals surface area contributed by atoms with E-state index in [0.717, 1.165) is 4.47 Å². The number of ether oxygens (including phenoxy) is 1. The van der Waals surface area contributed by atoms with E-state index in [-0.39, 0.29) is 24.0 Å². The van der Waals surface area contributed by atoms with Crippen molar-refractivity contribution < 1.29 is 23.5 Å². The monoisotopic (exact) mass is 540 g/mol. The summed E-state index contributed by atoms with van der Waals surface area (Å²) >= 11 is 6.49. The molecule has 0 bridgehead atoms. The van der Waals surface area contributed by atoms with Crippen LogP contribution in [-0.2, 0) is 14.3 Å². The molecule has 1 atom stereocenters. The van der Waals surface area contributed by atoms with E-state index in [2.05, 4.69) is 42.5 Å². The summed E-state index contributed by atoms with van der Waals surface area (Å²) in [4.78, 5) is 37.7. The number of hydrogen-bond donors (Lipinski definition) is 2. The Kier molecular flexibility index (Phi) is 8.86. The lowest BCUT2D eigenvalue weighted by Crippen LogP contribution is -2.47. The molecule has 1 aromatic heterocycles. The van der Waals surface area contributed by atoms with Gasteiger partial charge < -0.3 is 19.8 Å². The van der Waals surface area contributed by atoms with Gasteiger partial charge in [-0.15, -0.1) is 0 Å². The molecule has 0 aliphatic heterocycles. The van der Waals surface area contributed by atoms with Crippen molar-refractivity contribution in [3.05, 3.63) is 62.6 Å². The molecule has 0 saturated heterocycles. The molecule has 1 heterocycles. The van der Waals surface area contributed by atoms with Crippen LogP contribution in [0.5, 0.6) is 0 Å². The number of furan rings is 1. The van der Waals surface area contributed by atoms with Crippen molar-refractivity contribution in [2.24, 2.45) is 5.92 Å². The molecule has 160 valence electrons. The molecular formula is C21H22Br2N2O5. The van der Waals surface area contributed by atoms with Gasteiger partial charge in [-0.1, -0.05) is 41.9 Å². The Bertz CT molecular complexity index is 935. The fourth-order valence-electron chi connectivity index (χ4n) is 2.45. The van der Waals surface area contributed by atoms with Gasteiger partial charge in [-0.2, -0.15) is 0 Å². The third kappa shape index (κ3) is 6.84. The van der Waals surface area contributed by atoms with Crippen molar-refractivity contribution in [1.82, 2.24) is 10.6 Å². The summed E-state index contributed by atoms with van der Waals surface area (Å²) in [6.45, 7) is 5.47. The molecule has 2 aromatic rings. The lowest BCUT2D eigenvalue weighted by molar-refractivity contribution is -0.148. The molecule has 0 unspecified atom stereocenters. The van der Waals surface area contributed by atoms with Gasteiger partial charge >= 0.3 is 5.97 Å². The second-order valence-corrected chi connectivity index (χ2v) is 8.31. The number of carbonyl (C=O) groups is 3. The van der Waals surface area contributed by atoms with Crippen LogP contribution in [0.25, 0.3) is 6.08 Å². The second kappa shape index (κ2) is 11.1. The minimum atomic E-state index is -0.861. The van der Waals surface area contributed by atoms with Gasteiger partial charge in [-0.3, -0.25) is 9.59 Å². The zero-order valence-corrected chi connectivity index (χ0v) is 19.9. The number of benzene rings is 1. The van der Waals surface area contributed by atoms with Gasteiger partial charge in [0.2, 0.25) is 0 Å². The average molecular weight is 542 g/mol. The van der Waals surface area contributed by atoms with E-state index in [1.165, 1.54) is 12.1 Å². The smallest absolute Gasteiger partial charge is 0.328 e. The maximum Gasteiger partial charge on any atom is 0.328 e. The molecule has 0 aliphatic carbocycles. The van der Waals surface area contributed by atoms with E-state index >= 15 is 0 Å². The number of halogens is 2. The van der Waals surface area contributed by atoms with Crippen molar-refractivity contribution in [2.75, 3.05) is 6.61 Å². The molecule has 2 amide bonds. The largest absolute Gasteiger partial charge is 0.464 e. The molecule has 0 aliphatic rings. The number of amides is 2. The van der Waals surface area contributed by atoms with E-state index in [1.807, 2.05) is 12.1 Å². The van der Waals surface area contributed by atoms with Crippen molar-refractivity contribution in [3.8, 4) is 0 Å². The minimum absolute atomic E-state index is 0.0298. The van der Waals surface area contributed by atoms with E-state index in [4.69, 9.17) is 9.15 Å². The van der Waals surface area contributed by atoms with Gasteiger partial charge in [-0.05, 0) is 64.7 Å². The number of rotatable bonds is 8. The molecule has 0 saturated carbocycles. The normalized spacial score (nSPS) is 12.4. The van der Waals surface area contributed by atoms with Crippen LogP contribution in [0.2, 0.25) is 0 Å². The Morgan fingerprint density at radius 3 is 2.30 bits per heavy atom. The van der Waals surface area contributed by atoms with Crippen molar-refractivity contribution in [2.45, 2.75) is 26.8 Å². The van der Waals surface area contributed by atoms with Gasteiger partial charge in [0.15, 0.2) is 10.4 Å². The van der Waals surface area contributed by atoms with Crippen LogP contribution in [0.4, 0.5) is 0 Å². The minimum Gasteiger partial charge on any atom is -0.464 e. The number of hydrogen-bond acceptors (Lipinski definition) is 5. The predicted molar refractivity (Wildman–Crippen MR) is 119 cm³/mol. The summed E-state index contributed by atoms with van der Waals surface area (Å²) in [7, 11) is 0. The summed E-state index contributed by atoms with van der Waals surface area (Å²) in [5.74, 6) is -1.94. The zero-order valence-electron chi connectivity index (χ0n) is 16.7. The Hall–Kier alpha value is -2.39. The molecule has 30 heavy (non-hydrogen) atoms. The van der Waals surface area contributed by atoms with Gasteiger partial charge in [0.25, 0.3) is 11.8 Å². The molecular weight excluding hydrogens is 520 g/mol.